The third kappa shape index (κ3) is 2.75. The molecule has 0 radical (unpaired) electrons. The van der Waals surface area contributed by atoms with Crippen molar-refractivity contribution in [2.45, 2.75) is 43.8 Å². The molecule has 0 saturated heterocycles. The molecule has 3 heteroatoms. The van der Waals surface area contributed by atoms with Crippen LogP contribution in [0.25, 0.3) is 0 Å². The lowest BCUT2D eigenvalue weighted by Gasteiger charge is -2.39. The predicted molar refractivity (Wildman–Crippen MR) is 70.0 cm³/mol. The topological polar surface area (TPSA) is 18.5 Å². The van der Waals surface area contributed by atoms with Gasteiger partial charge in [-0.3, -0.25) is 0 Å². The molecule has 2 nitrogen and oxygen atoms in total. The number of ether oxygens (including phenoxy) is 2. The number of benzene rings is 1. The van der Waals surface area contributed by atoms with Crippen LogP contribution in [0.3, 0.4) is 0 Å². The highest BCUT2D eigenvalue weighted by atomic mass is 35.5. The molecule has 1 aliphatic carbocycles. The van der Waals surface area contributed by atoms with E-state index in [0.717, 1.165) is 12.2 Å². The molecule has 0 N–H and O–H groups in total. The molecule has 3 atom stereocenters. The minimum absolute atomic E-state index is 0.0152. The number of methoxy groups -OCH3 is 1. The van der Waals surface area contributed by atoms with Gasteiger partial charge in [-0.2, -0.15) is 0 Å². The molecule has 0 aromatic heterocycles. The second-order valence-corrected chi connectivity index (χ2v) is 5.39. The molecule has 1 fully saturated rings. The summed E-state index contributed by atoms with van der Waals surface area (Å²) in [4.78, 5) is 0. The highest BCUT2D eigenvalue weighted by Crippen LogP contribution is 2.32. The fourth-order valence-electron chi connectivity index (χ4n) is 2.05. The van der Waals surface area contributed by atoms with Gasteiger partial charge in [0.05, 0.1) is 5.38 Å². The van der Waals surface area contributed by atoms with Crippen LogP contribution < -0.4 is 4.74 Å². The molecule has 0 bridgehead atoms. The van der Waals surface area contributed by atoms with Crippen molar-refractivity contribution >= 4 is 11.6 Å². The zero-order valence-electron chi connectivity index (χ0n) is 10.5. The highest BCUT2D eigenvalue weighted by Gasteiger charge is 2.42. The first-order chi connectivity index (χ1) is 8.11. The standard InChI is InChI=1S/C14H19ClO2/c1-9(2)10-4-6-11(7-5-10)17-13-8-12(15)14(13)16-3/h4-7,9,12-14H,8H2,1-3H3. The molecule has 0 spiro atoms. The Kier molecular flexibility index (Phi) is 3.95. The van der Waals surface area contributed by atoms with E-state index in [0.29, 0.717) is 5.92 Å². The summed E-state index contributed by atoms with van der Waals surface area (Å²) in [7, 11) is 1.68. The average molecular weight is 255 g/mol. The molecule has 1 aromatic carbocycles. The lowest BCUT2D eigenvalue weighted by Crippen LogP contribution is -2.52. The van der Waals surface area contributed by atoms with Crippen molar-refractivity contribution < 1.29 is 9.47 Å². The number of alkyl halides is 1. The van der Waals surface area contributed by atoms with Crippen LogP contribution in [0, 0.1) is 0 Å². The maximum Gasteiger partial charge on any atom is 0.128 e. The van der Waals surface area contributed by atoms with Gasteiger partial charge in [0.25, 0.3) is 0 Å². The summed E-state index contributed by atoms with van der Waals surface area (Å²) >= 11 is 6.04. The highest BCUT2D eigenvalue weighted by molar-refractivity contribution is 6.21. The Morgan fingerprint density at radius 2 is 1.88 bits per heavy atom. The van der Waals surface area contributed by atoms with Gasteiger partial charge in [-0.15, -0.1) is 11.6 Å². The summed E-state index contributed by atoms with van der Waals surface area (Å²) in [5, 5.41) is 0.0833. The monoisotopic (exact) mass is 254 g/mol. The molecule has 1 saturated carbocycles. The van der Waals surface area contributed by atoms with Crippen LogP contribution in [-0.4, -0.2) is 24.7 Å². The van der Waals surface area contributed by atoms with Crippen molar-refractivity contribution in [3.63, 3.8) is 0 Å². The van der Waals surface area contributed by atoms with Gasteiger partial charge in [0.1, 0.15) is 18.0 Å². The average Bonchev–Trinajstić information content (AvgIpc) is 2.29. The largest absolute Gasteiger partial charge is 0.488 e. The van der Waals surface area contributed by atoms with Gasteiger partial charge in [-0.05, 0) is 23.6 Å². The van der Waals surface area contributed by atoms with Crippen molar-refractivity contribution in [2.75, 3.05) is 7.11 Å². The summed E-state index contributed by atoms with van der Waals surface area (Å²) in [5.41, 5.74) is 1.32. The Labute approximate surface area is 108 Å². The Hall–Kier alpha value is -0.730. The van der Waals surface area contributed by atoms with E-state index in [1.807, 2.05) is 12.1 Å². The van der Waals surface area contributed by atoms with Gasteiger partial charge in [-0.25, -0.2) is 0 Å². The Morgan fingerprint density at radius 3 is 2.35 bits per heavy atom. The Morgan fingerprint density at radius 1 is 1.24 bits per heavy atom. The molecule has 0 amide bonds. The molecular weight excluding hydrogens is 236 g/mol. The fourth-order valence-corrected chi connectivity index (χ4v) is 2.49. The van der Waals surface area contributed by atoms with Gasteiger partial charge in [0, 0.05) is 13.5 Å². The van der Waals surface area contributed by atoms with Crippen molar-refractivity contribution in [1.82, 2.24) is 0 Å². The fraction of sp³-hybridized carbons (Fsp3) is 0.571. The molecule has 1 aliphatic rings. The van der Waals surface area contributed by atoms with Crippen LogP contribution in [0.1, 0.15) is 31.7 Å². The van der Waals surface area contributed by atoms with E-state index in [-0.39, 0.29) is 17.6 Å². The lowest BCUT2D eigenvalue weighted by atomic mass is 9.91. The second-order valence-electron chi connectivity index (χ2n) is 4.83. The number of hydrogen-bond acceptors (Lipinski definition) is 2. The minimum atomic E-state index is 0.0152. The molecule has 1 aromatic rings. The van der Waals surface area contributed by atoms with E-state index in [2.05, 4.69) is 26.0 Å². The molecule has 17 heavy (non-hydrogen) atoms. The van der Waals surface area contributed by atoms with Crippen LogP contribution in [-0.2, 0) is 4.74 Å². The Balaban J connectivity index is 1.95. The summed E-state index contributed by atoms with van der Waals surface area (Å²) in [6.45, 7) is 4.36. The molecule has 3 unspecified atom stereocenters. The second kappa shape index (κ2) is 5.28. The maximum absolute atomic E-state index is 6.04. The maximum atomic E-state index is 6.04. The first-order valence-corrected chi connectivity index (χ1v) is 6.49. The van der Waals surface area contributed by atoms with E-state index in [9.17, 15) is 0 Å². The van der Waals surface area contributed by atoms with Crippen molar-refractivity contribution in [3.8, 4) is 5.75 Å². The molecular formula is C14H19ClO2. The van der Waals surface area contributed by atoms with Crippen LogP contribution in [0.15, 0.2) is 24.3 Å². The summed E-state index contributed by atoms with van der Waals surface area (Å²) in [5.74, 6) is 1.44. The van der Waals surface area contributed by atoms with Gasteiger partial charge in [0.15, 0.2) is 0 Å². The van der Waals surface area contributed by atoms with Crippen LogP contribution in [0.5, 0.6) is 5.75 Å². The predicted octanol–water partition coefficient (Wildman–Crippen LogP) is 3.58. The first-order valence-electron chi connectivity index (χ1n) is 6.05. The summed E-state index contributed by atoms with van der Waals surface area (Å²) in [6, 6.07) is 8.25. The molecule has 0 heterocycles. The number of halogens is 1. The van der Waals surface area contributed by atoms with E-state index >= 15 is 0 Å². The SMILES string of the molecule is COC1C(Cl)CC1Oc1ccc(C(C)C)cc1. The van der Waals surface area contributed by atoms with Crippen molar-refractivity contribution in [3.05, 3.63) is 29.8 Å². The number of rotatable bonds is 4. The molecule has 94 valence electrons. The van der Waals surface area contributed by atoms with E-state index in [1.165, 1.54) is 5.56 Å². The zero-order chi connectivity index (χ0) is 12.4. The smallest absolute Gasteiger partial charge is 0.128 e. The molecule has 0 aliphatic heterocycles. The van der Waals surface area contributed by atoms with Crippen LogP contribution in [0.4, 0.5) is 0 Å². The minimum Gasteiger partial charge on any atom is -0.488 e. The third-order valence-electron chi connectivity index (χ3n) is 3.29. The first kappa shape index (κ1) is 12.7. The summed E-state index contributed by atoms with van der Waals surface area (Å²) < 4.78 is 11.1. The third-order valence-corrected chi connectivity index (χ3v) is 3.71. The zero-order valence-corrected chi connectivity index (χ0v) is 11.3. The van der Waals surface area contributed by atoms with Crippen LogP contribution in [0.2, 0.25) is 0 Å². The van der Waals surface area contributed by atoms with E-state index < -0.39 is 0 Å². The normalized spacial score (nSPS) is 27.9. The van der Waals surface area contributed by atoms with E-state index in [1.54, 1.807) is 7.11 Å². The van der Waals surface area contributed by atoms with Crippen molar-refractivity contribution in [2.24, 2.45) is 0 Å². The Bertz CT molecular complexity index is 361. The van der Waals surface area contributed by atoms with Gasteiger partial charge < -0.3 is 9.47 Å². The van der Waals surface area contributed by atoms with E-state index in [4.69, 9.17) is 21.1 Å². The quantitative estimate of drug-likeness (QED) is 0.765. The molecule has 2 rings (SSSR count). The van der Waals surface area contributed by atoms with Gasteiger partial charge in [0.2, 0.25) is 0 Å². The van der Waals surface area contributed by atoms with Crippen LogP contribution >= 0.6 is 11.6 Å². The van der Waals surface area contributed by atoms with Gasteiger partial charge in [-0.1, -0.05) is 26.0 Å². The summed E-state index contributed by atoms with van der Waals surface area (Å²) in [6.07, 6.45) is 0.959. The van der Waals surface area contributed by atoms with Gasteiger partial charge >= 0.3 is 0 Å². The van der Waals surface area contributed by atoms with Crippen molar-refractivity contribution in [1.29, 1.82) is 0 Å². The lowest BCUT2D eigenvalue weighted by molar-refractivity contribution is -0.0583. The number of hydrogen-bond donors (Lipinski definition) is 0.